The number of rotatable bonds is 5. The number of nitrogens with one attached hydrogen (secondary N) is 1. The molecule has 1 atom stereocenters. The molecule has 1 aliphatic rings. The van der Waals surface area contributed by atoms with Crippen LogP contribution in [0.5, 0.6) is 5.75 Å². The van der Waals surface area contributed by atoms with Gasteiger partial charge in [0, 0.05) is 36.7 Å². The summed E-state index contributed by atoms with van der Waals surface area (Å²) in [5.41, 5.74) is 1.99. The third-order valence-corrected chi connectivity index (χ3v) is 5.08. The maximum Gasteiger partial charge on any atom is 0.573 e. The van der Waals surface area contributed by atoms with Crippen molar-refractivity contribution in [2.45, 2.75) is 19.2 Å². The van der Waals surface area contributed by atoms with Crippen LogP contribution in [0, 0.1) is 5.92 Å². The number of carbonyl (C=O) groups is 1. The van der Waals surface area contributed by atoms with E-state index in [1.54, 1.807) is 12.4 Å². The van der Waals surface area contributed by atoms with Crippen LogP contribution in [-0.4, -0.2) is 40.5 Å². The Bertz CT molecular complexity index is 1040. The van der Waals surface area contributed by atoms with Crippen LogP contribution in [0.2, 0.25) is 0 Å². The minimum Gasteiger partial charge on any atom is -0.406 e. The van der Waals surface area contributed by atoms with Gasteiger partial charge in [0.2, 0.25) is 5.91 Å². The summed E-state index contributed by atoms with van der Waals surface area (Å²) in [6.07, 6.45) is 0.165. The average molecular weight is 443 g/mol. The molecule has 166 valence electrons. The summed E-state index contributed by atoms with van der Waals surface area (Å²) in [6.45, 7) is 1.23. The zero-order chi connectivity index (χ0) is 22.6. The number of hydrogen-bond donors (Lipinski definition) is 1. The third kappa shape index (κ3) is 5.51. The second-order valence-electron chi connectivity index (χ2n) is 7.37. The van der Waals surface area contributed by atoms with Gasteiger partial charge in [-0.1, -0.05) is 0 Å². The SMILES string of the molecule is O=C(Nc1ccc(OC(F)(F)F)cc1)C1CCCN(c2ccc(-c3cccnc3)nn2)C1. The summed E-state index contributed by atoms with van der Waals surface area (Å²) in [5.74, 6) is -0.134. The Kier molecular flexibility index (Phi) is 6.20. The first-order valence-corrected chi connectivity index (χ1v) is 10.0. The van der Waals surface area contributed by atoms with Gasteiger partial charge in [-0.05, 0) is 61.4 Å². The predicted molar refractivity (Wildman–Crippen MR) is 112 cm³/mol. The maximum atomic E-state index is 12.7. The van der Waals surface area contributed by atoms with Crippen molar-refractivity contribution >= 4 is 17.4 Å². The number of carbonyl (C=O) groups excluding carboxylic acids is 1. The van der Waals surface area contributed by atoms with Crippen LogP contribution < -0.4 is 15.0 Å². The molecule has 1 saturated heterocycles. The molecule has 2 aromatic heterocycles. The van der Waals surface area contributed by atoms with Crippen LogP contribution in [0.3, 0.4) is 0 Å². The molecule has 3 aromatic rings. The van der Waals surface area contributed by atoms with E-state index in [4.69, 9.17) is 0 Å². The quantitative estimate of drug-likeness (QED) is 0.634. The van der Waals surface area contributed by atoms with Gasteiger partial charge < -0.3 is 15.0 Å². The molecule has 0 saturated carbocycles. The minimum atomic E-state index is -4.75. The number of anilines is 2. The fourth-order valence-electron chi connectivity index (χ4n) is 3.55. The molecule has 10 heteroatoms. The summed E-state index contributed by atoms with van der Waals surface area (Å²) in [4.78, 5) is 18.8. The normalized spacial score (nSPS) is 16.5. The van der Waals surface area contributed by atoms with Crippen molar-refractivity contribution < 1.29 is 22.7 Å². The second kappa shape index (κ2) is 9.21. The van der Waals surface area contributed by atoms with E-state index in [0.717, 1.165) is 30.7 Å². The molecular formula is C22H20F3N5O2. The molecule has 3 heterocycles. The molecule has 0 spiro atoms. The van der Waals surface area contributed by atoms with Crippen molar-refractivity contribution in [1.29, 1.82) is 0 Å². The van der Waals surface area contributed by atoms with E-state index < -0.39 is 6.36 Å². The predicted octanol–water partition coefficient (Wildman–Crippen LogP) is 4.29. The number of hydrogen-bond acceptors (Lipinski definition) is 6. The number of benzene rings is 1. The Labute approximate surface area is 182 Å². The summed E-state index contributed by atoms with van der Waals surface area (Å²) < 4.78 is 40.7. The van der Waals surface area contributed by atoms with Crippen molar-refractivity contribution in [1.82, 2.24) is 15.2 Å². The molecule has 4 rings (SSSR count). The highest BCUT2D eigenvalue weighted by Gasteiger charge is 2.31. The summed E-state index contributed by atoms with van der Waals surface area (Å²) >= 11 is 0. The monoisotopic (exact) mass is 443 g/mol. The number of halogens is 3. The molecule has 1 aromatic carbocycles. The largest absolute Gasteiger partial charge is 0.573 e. The van der Waals surface area contributed by atoms with Crippen LogP contribution in [0.4, 0.5) is 24.7 Å². The number of pyridine rings is 1. The van der Waals surface area contributed by atoms with E-state index in [-0.39, 0.29) is 17.6 Å². The molecule has 1 fully saturated rings. The van der Waals surface area contributed by atoms with Crippen LogP contribution in [0.25, 0.3) is 11.3 Å². The lowest BCUT2D eigenvalue weighted by Gasteiger charge is -2.32. The molecular weight excluding hydrogens is 423 g/mol. The van der Waals surface area contributed by atoms with E-state index in [1.165, 1.54) is 12.1 Å². The molecule has 1 unspecified atom stereocenters. The Hall–Kier alpha value is -3.69. The van der Waals surface area contributed by atoms with Gasteiger partial charge in [0.25, 0.3) is 0 Å². The van der Waals surface area contributed by atoms with Gasteiger partial charge >= 0.3 is 6.36 Å². The lowest BCUT2D eigenvalue weighted by molar-refractivity contribution is -0.274. The molecule has 0 bridgehead atoms. The van der Waals surface area contributed by atoms with Crippen molar-refractivity contribution in [2.24, 2.45) is 5.92 Å². The number of piperidine rings is 1. The summed E-state index contributed by atoms with van der Waals surface area (Å²) in [7, 11) is 0. The van der Waals surface area contributed by atoms with E-state index in [1.807, 2.05) is 29.2 Å². The Morgan fingerprint density at radius 1 is 1.09 bits per heavy atom. The summed E-state index contributed by atoms with van der Waals surface area (Å²) in [5, 5.41) is 11.3. The van der Waals surface area contributed by atoms with Crippen molar-refractivity contribution in [3.63, 3.8) is 0 Å². The highest BCUT2D eigenvalue weighted by atomic mass is 19.4. The van der Waals surface area contributed by atoms with E-state index in [2.05, 4.69) is 25.2 Å². The molecule has 1 N–H and O–H groups in total. The van der Waals surface area contributed by atoms with E-state index in [9.17, 15) is 18.0 Å². The summed E-state index contributed by atoms with van der Waals surface area (Å²) in [6, 6.07) is 12.5. The Balaban J connectivity index is 1.36. The van der Waals surface area contributed by atoms with Crippen molar-refractivity contribution in [3.8, 4) is 17.0 Å². The van der Waals surface area contributed by atoms with Crippen molar-refractivity contribution in [3.05, 3.63) is 60.9 Å². The van der Waals surface area contributed by atoms with Crippen LogP contribution in [0.15, 0.2) is 60.9 Å². The topological polar surface area (TPSA) is 80.2 Å². The molecule has 0 radical (unpaired) electrons. The van der Waals surface area contributed by atoms with Gasteiger partial charge in [-0.25, -0.2) is 0 Å². The van der Waals surface area contributed by atoms with Gasteiger partial charge in [-0.2, -0.15) is 0 Å². The van der Waals surface area contributed by atoms with Gasteiger partial charge in [0.15, 0.2) is 5.82 Å². The van der Waals surface area contributed by atoms with Gasteiger partial charge in [-0.3, -0.25) is 9.78 Å². The van der Waals surface area contributed by atoms with Crippen LogP contribution >= 0.6 is 0 Å². The molecule has 7 nitrogen and oxygen atoms in total. The average Bonchev–Trinajstić information content (AvgIpc) is 2.80. The van der Waals surface area contributed by atoms with Crippen molar-refractivity contribution in [2.75, 3.05) is 23.3 Å². The van der Waals surface area contributed by atoms with Gasteiger partial charge in [0.05, 0.1) is 11.6 Å². The molecule has 0 aliphatic carbocycles. The molecule has 32 heavy (non-hydrogen) atoms. The van der Waals surface area contributed by atoms with Crippen LogP contribution in [0.1, 0.15) is 12.8 Å². The molecule has 1 amide bonds. The first-order chi connectivity index (χ1) is 15.4. The van der Waals surface area contributed by atoms with Gasteiger partial charge in [0.1, 0.15) is 5.75 Å². The van der Waals surface area contributed by atoms with E-state index >= 15 is 0 Å². The second-order valence-corrected chi connectivity index (χ2v) is 7.37. The van der Waals surface area contributed by atoms with Crippen LogP contribution in [-0.2, 0) is 4.79 Å². The zero-order valence-electron chi connectivity index (χ0n) is 16.9. The highest BCUT2D eigenvalue weighted by Crippen LogP contribution is 2.26. The fourth-order valence-corrected chi connectivity index (χ4v) is 3.55. The zero-order valence-corrected chi connectivity index (χ0v) is 16.9. The smallest absolute Gasteiger partial charge is 0.406 e. The standard InChI is InChI=1S/C22H20F3N5O2/c23-22(24,25)32-18-7-5-17(6-8-18)27-21(31)16-4-2-12-30(14-16)20-10-9-19(28-29-20)15-3-1-11-26-13-15/h1,3,5-11,13,16H,2,4,12,14H2,(H,27,31). The Morgan fingerprint density at radius 2 is 1.91 bits per heavy atom. The molecule has 1 aliphatic heterocycles. The highest BCUT2D eigenvalue weighted by molar-refractivity contribution is 5.93. The number of ether oxygens (including phenoxy) is 1. The number of alkyl halides is 3. The number of aromatic nitrogens is 3. The fraction of sp³-hybridized carbons (Fsp3) is 0.273. The number of nitrogens with zero attached hydrogens (tertiary/aromatic N) is 4. The first kappa shape index (κ1) is 21.5. The lowest BCUT2D eigenvalue weighted by Crippen LogP contribution is -2.41. The maximum absolute atomic E-state index is 12.7. The third-order valence-electron chi connectivity index (χ3n) is 5.08. The first-order valence-electron chi connectivity index (χ1n) is 10.0. The number of amides is 1. The Morgan fingerprint density at radius 3 is 2.56 bits per heavy atom. The van der Waals surface area contributed by atoms with E-state index in [0.29, 0.717) is 30.2 Å². The minimum absolute atomic E-state index is 0.195. The lowest BCUT2D eigenvalue weighted by atomic mass is 9.97. The van der Waals surface area contributed by atoms with Gasteiger partial charge in [-0.15, -0.1) is 23.4 Å².